The van der Waals surface area contributed by atoms with E-state index >= 15 is 0 Å². The molecule has 0 aliphatic rings. The molecule has 0 fully saturated rings. The number of esters is 1. The van der Waals surface area contributed by atoms with Crippen molar-refractivity contribution in [1.82, 2.24) is 0 Å². The average Bonchev–Trinajstić information content (AvgIpc) is 2.29. The van der Waals surface area contributed by atoms with E-state index in [1.54, 1.807) is 6.92 Å². The van der Waals surface area contributed by atoms with E-state index in [0.29, 0.717) is 0 Å². The highest BCUT2D eigenvalue weighted by Crippen LogP contribution is 2.28. The molecule has 0 bridgehead atoms. The maximum absolute atomic E-state index is 11.1. The van der Waals surface area contributed by atoms with Crippen LogP contribution >= 0.6 is 0 Å². The molecule has 1 N–H and O–H groups in total. The van der Waals surface area contributed by atoms with Crippen molar-refractivity contribution in [2.75, 3.05) is 7.11 Å². The summed E-state index contributed by atoms with van der Waals surface area (Å²) in [5.74, 6) is -1.02. The van der Waals surface area contributed by atoms with Gasteiger partial charge in [-0.25, -0.2) is 4.79 Å². The second-order valence-electron chi connectivity index (χ2n) is 3.00. The molecule has 0 saturated heterocycles. The van der Waals surface area contributed by atoms with E-state index < -0.39 is 11.9 Å². The molecule has 5 nitrogen and oxygen atoms in total. The molecule has 86 valence electrons. The Morgan fingerprint density at radius 3 is 2.50 bits per heavy atom. The number of carbonyl (C=O) groups is 2. The van der Waals surface area contributed by atoms with E-state index in [0.717, 1.165) is 0 Å². The quantitative estimate of drug-likeness (QED) is 0.622. The zero-order chi connectivity index (χ0) is 12.1. The van der Waals surface area contributed by atoms with Crippen molar-refractivity contribution < 1.29 is 24.2 Å². The van der Waals surface area contributed by atoms with Gasteiger partial charge >= 0.3 is 11.9 Å². The molecule has 0 radical (unpaired) electrons. The van der Waals surface area contributed by atoms with Crippen molar-refractivity contribution in [2.45, 2.75) is 13.3 Å². The molecule has 0 aliphatic carbocycles. The number of carboxylic acids is 1. The second kappa shape index (κ2) is 5.16. The Balaban J connectivity index is 3.02. The van der Waals surface area contributed by atoms with E-state index in [2.05, 4.69) is 0 Å². The van der Waals surface area contributed by atoms with Crippen LogP contribution in [0.25, 0.3) is 0 Å². The van der Waals surface area contributed by atoms with Gasteiger partial charge in [-0.15, -0.1) is 0 Å². The van der Waals surface area contributed by atoms with Crippen LogP contribution in [0.2, 0.25) is 0 Å². The summed E-state index contributed by atoms with van der Waals surface area (Å²) in [6.45, 7) is 1.67. The summed E-state index contributed by atoms with van der Waals surface area (Å²) >= 11 is 0. The molecule has 0 spiro atoms. The molecule has 1 aromatic carbocycles. The largest absolute Gasteiger partial charge is 0.493 e. The highest BCUT2D eigenvalue weighted by atomic mass is 16.6. The standard InChI is InChI=1S/C11H12O5/c1-3-10(12)16-8-5-4-7(11(13)14)6-9(8)15-2/h4-6H,3H2,1-2H3,(H,13,14). The van der Waals surface area contributed by atoms with E-state index in [1.165, 1.54) is 25.3 Å². The van der Waals surface area contributed by atoms with Crippen molar-refractivity contribution in [3.8, 4) is 11.5 Å². The van der Waals surface area contributed by atoms with E-state index in [9.17, 15) is 9.59 Å². The Morgan fingerprint density at radius 2 is 2.00 bits per heavy atom. The summed E-state index contributed by atoms with van der Waals surface area (Å²) < 4.78 is 9.90. The molecule has 0 aromatic heterocycles. The van der Waals surface area contributed by atoms with Gasteiger partial charge in [0, 0.05) is 6.42 Å². The lowest BCUT2D eigenvalue weighted by Gasteiger charge is -2.08. The van der Waals surface area contributed by atoms with Gasteiger partial charge in [0.25, 0.3) is 0 Å². The Labute approximate surface area is 92.6 Å². The molecule has 0 amide bonds. The van der Waals surface area contributed by atoms with Gasteiger partial charge in [0.1, 0.15) is 0 Å². The Kier molecular flexibility index (Phi) is 3.88. The summed E-state index contributed by atoms with van der Waals surface area (Å²) in [6.07, 6.45) is 0.240. The molecule has 0 atom stereocenters. The van der Waals surface area contributed by atoms with Crippen LogP contribution in [0.4, 0.5) is 0 Å². The first kappa shape index (κ1) is 12.0. The lowest BCUT2D eigenvalue weighted by Crippen LogP contribution is -2.07. The normalized spacial score (nSPS) is 9.62. The Hall–Kier alpha value is -2.04. The van der Waals surface area contributed by atoms with Crippen LogP contribution in [-0.4, -0.2) is 24.2 Å². The van der Waals surface area contributed by atoms with Crippen LogP contribution in [0.5, 0.6) is 11.5 Å². The second-order valence-corrected chi connectivity index (χ2v) is 3.00. The first-order valence-corrected chi connectivity index (χ1v) is 4.70. The minimum absolute atomic E-state index is 0.0770. The van der Waals surface area contributed by atoms with Crippen molar-refractivity contribution in [3.63, 3.8) is 0 Å². The predicted molar refractivity (Wildman–Crippen MR) is 55.9 cm³/mol. The molecular weight excluding hydrogens is 212 g/mol. The topological polar surface area (TPSA) is 72.8 Å². The Morgan fingerprint density at radius 1 is 1.31 bits per heavy atom. The van der Waals surface area contributed by atoms with Gasteiger partial charge in [-0.1, -0.05) is 6.92 Å². The summed E-state index contributed by atoms with van der Waals surface area (Å²) in [6, 6.07) is 4.06. The predicted octanol–water partition coefficient (Wildman–Crippen LogP) is 1.71. The Bertz CT molecular complexity index is 411. The zero-order valence-corrected chi connectivity index (χ0v) is 9.02. The first-order chi connectivity index (χ1) is 7.58. The number of hydrogen-bond donors (Lipinski definition) is 1. The van der Waals surface area contributed by atoms with Crippen molar-refractivity contribution >= 4 is 11.9 Å². The molecule has 0 unspecified atom stereocenters. The number of carboxylic acid groups (broad SMARTS) is 1. The molecule has 16 heavy (non-hydrogen) atoms. The smallest absolute Gasteiger partial charge is 0.335 e. The van der Waals surface area contributed by atoms with E-state index in [-0.39, 0.29) is 23.5 Å². The number of hydrogen-bond acceptors (Lipinski definition) is 4. The summed E-state index contributed by atoms with van der Waals surface area (Å²) in [5, 5.41) is 8.76. The van der Waals surface area contributed by atoms with Crippen molar-refractivity contribution in [2.24, 2.45) is 0 Å². The van der Waals surface area contributed by atoms with Gasteiger partial charge in [0.05, 0.1) is 12.7 Å². The number of ether oxygens (including phenoxy) is 2. The van der Waals surface area contributed by atoms with Gasteiger partial charge < -0.3 is 14.6 Å². The van der Waals surface area contributed by atoms with Crippen LogP contribution in [0, 0.1) is 0 Å². The van der Waals surface area contributed by atoms with Crippen LogP contribution in [0.1, 0.15) is 23.7 Å². The fourth-order valence-corrected chi connectivity index (χ4v) is 1.08. The third-order valence-corrected chi connectivity index (χ3v) is 1.92. The lowest BCUT2D eigenvalue weighted by molar-refractivity contribution is -0.134. The zero-order valence-electron chi connectivity index (χ0n) is 9.02. The minimum Gasteiger partial charge on any atom is -0.493 e. The third-order valence-electron chi connectivity index (χ3n) is 1.92. The summed E-state index contributed by atoms with van der Waals surface area (Å²) in [5.41, 5.74) is 0.0770. The monoisotopic (exact) mass is 224 g/mol. The fourth-order valence-electron chi connectivity index (χ4n) is 1.08. The highest BCUT2D eigenvalue weighted by molar-refractivity contribution is 5.88. The maximum Gasteiger partial charge on any atom is 0.335 e. The number of benzene rings is 1. The van der Waals surface area contributed by atoms with Gasteiger partial charge in [-0.2, -0.15) is 0 Å². The fraction of sp³-hybridized carbons (Fsp3) is 0.273. The molecule has 1 aromatic rings. The number of aromatic carboxylic acids is 1. The van der Waals surface area contributed by atoms with Gasteiger partial charge in [-0.3, -0.25) is 4.79 Å². The summed E-state index contributed by atoms with van der Waals surface area (Å²) in [7, 11) is 1.38. The van der Waals surface area contributed by atoms with Crippen molar-refractivity contribution in [3.05, 3.63) is 23.8 Å². The molecule has 1 rings (SSSR count). The number of carbonyl (C=O) groups excluding carboxylic acids is 1. The van der Waals surface area contributed by atoms with Crippen LogP contribution in [0.15, 0.2) is 18.2 Å². The van der Waals surface area contributed by atoms with Gasteiger partial charge in [-0.05, 0) is 18.2 Å². The van der Waals surface area contributed by atoms with E-state index in [1.807, 2.05) is 0 Å². The third kappa shape index (κ3) is 2.73. The number of methoxy groups -OCH3 is 1. The van der Waals surface area contributed by atoms with Crippen LogP contribution in [-0.2, 0) is 4.79 Å². The lowest BCUT2D eigenvalue weighted by atomic mass is 10.2. The first-order valence-electron chi connectivity index (χ1n) is 4.70. The van der Waals surface area contributed by atoms with Crippen molar-refractivity contribution in [1.29, 1.82) is 0 Å². The minimum atomic E-state index is -1.06. The highest BCUT2D eigenvalue weighted by Gasteiger charge is 2.12. The summed E-state index contributed by atoms with van der Waals surface area (Å²) in [4.78, 5) is 21.8. The van der Waals surface area contributed by atoms with Crippen LogP contribution < -0.4 is 9.47 Å². The number of rotatable bonds is 4. The molecule has 0 heterocycles. The van der Waals surface area contributed by atoms with Gasteiger partial charge in [0.2, 0.25) is 0 Å². The molecule has 0 saturated carbocycles. The van der Waals surface area contributed by atoms with E-state index in [4.69, 9.17) is 14.6 Å². The van der Waals surface area contributed by atoms with Crippen LogP contribution in [0.3, 0.4) is 0 Å². The average molecular weight is 224 g/mol. The SMILES string of the molecule is CCC(=O)Oc1ccc(C(=O)O)cc1OC. The maximum atomic E-state index is 11.1. The molecular formula is C11H12O5. The molecule has 0 aliphatic heterocycles. The molecule has 5 heteroatoms. The van der Waals surface area contributed by atoms with Gasteiger partial charge in [0.15, 0.2) is 11.5 Å².